The van der Waals surface area contributed by atoms with Crippen molar-refractivity contribution >= 4 is 5.91 Å². The van der Waals surface area contributed by atoms with Crippen LogP contribution in [0.2, 0.25) is 0 Å². The molecule has 0 saturated carbocycles. The first-order valence-corrected chi connectivity index (χ1v) is 11.1. The molecule has 1 amide bonds. The number of benzene rings is 2. The molecule has 7 nitrogen and oxygen atoms in total. The number of hydrogen-bond donors (Lipinski definition) is 0. The summed E-state index contributed by atoms with van der Waals surface area (Å²) in [6.07, 6.45) is 0.929. The van der Waals surface area contributed by atoms with E-state index in [1.807, 2.05) is 47.4 Å². The maximum absolute atomic E-state index is 13.2. The monoisotopic (exact) mass is 451 g/mol. The van der Waals surface area contributed by atoms with Gasteiger partial charge in [0.2, 0.25) is 17.6 Å². The summed E-state index contributed by atoms with van der Waals surface area (Å²) in [5.41, 5.74) is 1.76. The number of ether oxygens (including phenoxy) is 2. The molecule has 0 fully saturated rings. The van der Waals surface area contributed by atoms with E-state index >= 15 is 0 Å². The zero-order chi connectivity index (χ0) is 24.0. The van der Waals surface area contributed by atoms with Crippen LogP contribution < -0.4 is 9.47 Å². The molecule has 176 valence electrons. The van der Waals surface area contributed by atoms with Gasteiger partial charge in [-0.15, -0.1) is 0 Å². The molecule has 1 unspecified atom stereocenters. The van der Waals surface area contributed by atoms with Gasteiger partial charge in [0.15, 0.2) is 11.5 Å². The first-order valence-electron chi connectivity index (χ1n) is 11.1. The van der Waals surface area contributed by atoms with Crippen molar-refractivity contribution in [2.45, 2.75) is 46.6 Å². The minimum Gasteiger partial charge on any atom is -0.493 e. The Morgan fingerprint density at radius 2 is 1.76 bits per heavy atom. The molecule has 1 aromatic heterocycles. The summed E-state index contributed by atoms with van der Waals surface area (Å²) in [4.78, 5) is 19.6. The average Bonchev–Trinajstić information content (AvgIpc) is 3.27. The molecule has 3 rings (SSSR count). The number of rotatable bonds is 9. The zero-order valence-corrected chi connectivity index (χ0v) is 20.3. The Bertz CT molecular complexity index is 1060. The number of nitrogens with zero attached hydrogens (tertiary/aromatic N) is 3. The number of carbonyl (C=O) groups excluding carboxylic acids is 1. The van der Waals surface area contributed by atoms with E-state index in [2.05, 4.69) is 37.8 Å². The van der Waals surface area contributed by atoms with Crippen molar-refractivity contribution < 1.29 is 18.8 Å². The number of hydrogen-bond acceptors (Lipinski definition) is 6. The number of carbonyl (C=O) groups is 1. The molecular weight excluding hydrogens is 418 g/mol. The van der Waals surface area contributed by atoms with Gasteiger partial charge in [0.25, 0.3) is 0 Å². The minimum absolute atomic E-state index is 0.0608. The van der Waals surface area contributed by atoms with Crippen LogP contribution in [0.4, 0.5) is 0 Å². The highest BCUT2D eigenvalue weighted by atomic mass is 16.5. The topological polar surface area (TPSA) is 77.7 Å². The van der Waals surface area contributed by atoms with E-state index in [4.69, 9.17) is 14.0 Å². The predicted octanol–water partition coefficient (Wildman–Crippen LogP) is 5.32. The van der Waals surface area contributed by atoms with Crippen molar-refractivity contribution in [2.75, 3.05) is 20.8 Å². The van der Waals surface area contributed by atoms with Gasteiger partial charge in [0.05, 0.1) is 20.3 Å². The van der Waals surface area contributed by atoms with Crippen LogP contribution in [-0.2, 0) is 11.2 Å². The van der Waals surface area contributed by atoms with Gasteiger partial charge in [-0.2, -0.15) is 4.98 Å². The van der Waals surface area contributed by atoms with Crippen molar-refractivity contribution in [2.24, 2.45) is 5.41 Å². The molecule has 0 aliphatic carbocycles. The van der Waals surface area contributed by atoms with Gasteiger partial charge in [-0.05, 0) is 36.1 Å². The molecular formula is C26H33N3O4. The molecule has 2 aromatic carbocycles. The normalized spacial score (nSPS) is 12.3. The Morgan fingerprint density at radius 3 is 2.39 bits per heavy atom. The Morgan fingerprint density at radius 1 is 1.06 bits per heavy atom. The third-order valence-corrected chi connectivity index (χ3v) is 5.43. The highest BCUT2D eigenvalue weighted by Crippen LogP contribution is 2.31. The second-order valence-corrected chi connectivity index (χ2v) is 9.24. The zero-order valence-electron chi connectivity index (χ0n) is 20.3. The Labute approximate surface area is 195 Å². The second kappa shape index (κ2) is 10.5. The maximum Gasteiger partial charge on any atom is 0.228 e. The lowest BCUT2D eigenvalue weighted by molar-refractivity contribution is -0.135. The Kier molecular flexibility index (Phi) is 7.74. The van der Waals surface area contributed by atoms with Crippen LogP contribution in [0.3, 0.4) is 0 Å². The van der Waals surface area contributed by atoms with E-state index in [0.717, 1.165) is 11.1 Å². The minimum atomic E-state index is -0.100. The van der Waals surface area contributed by atoms with Crippen molar-refractivity contribution in [3.05, 3.63) is 60.0 Å². The van der Waals surface area contributed by atoms with Gasteiger partial charge in [0.1, 0.15) is 0 Å². The number of aromatic nitrogens is 2. The van der Waals surface area contributed by atoms with Gasteiger partial charge in [-0.25, -0.2) is 0 Å². The summed E-state index contributed by atoms with van der Waals surface area (Å²) in [6, 6.07) is 15.5. The van der Waals surface area contributed by atoms with Gasteiger partial charge < -0.3 is 18.9 Å². The van der Waals surface area contributed by atoms with Crippen LogP contribution >= 0.6 is 0 Å². The van der Waals surface area contributed by atoms with Crippen molar-refractivity contribution in [1.82, 2.24) is 15.0 Å². The van der Waals surface area contributed by atoms with Crippen LogP contribution in [0.15, 0.2) is 53.1 Å². The summed E-state index contributed by atoms with van der Waals surface area (Å²) < 4.78 is 16.1. The van der Waals surface area contributed by atoms with Crippen LogP contribution in [-0.4, -0.2) is 41.7 Å². The molecule has 0 radical (unpaired) electrons. The van der Waals surface area contributed by atoms with Crippen molar-refractivity contribution in [3.63, 3.8) is 0 Å². The molecule has 0 aliphatic heterocycles. The largest absolute Gasteiger partial charge is 0.493 e. The molecule has 1 atom stereocenters. The van der Waals surface area contributed by atoms with Crippen molar-refractivity contribution in [1.29, 1.82) is 0 Å². The van der Waals surface area contributed by atoms with Crippen LogP contribution in [0.5, 0.6) is 11.5 Å². The lowest BCUT2D eigenvalue weighted by atomic mass is 9.91. The first-order chi connectivity index (χ1) is 15.7. The molecule has 0 aliphatic rings. The predicted molar refractivity (Wildman–Crippen MR) is 127 cm³/mol. The molecule has 0 bridgehead atoms. The number of amides is 1. The fourth-order valence-electron chi connectivity index (χ4n) is 3.67. The van der Waals surface area contributed by atoms with E-state index in [-0.39, 0.29) is 17.4 Å². The molecule has 0 spiro atoms. The van der Waals surface area contributed by atoms with E-state index in [1.54, 1.807) is 20.3 Å². The van der Waals surface area contributed by atoms with Crippen LogP contribution in [0.25, 0.3) is 11.4 Å². The summed E-state index contributed by atoms with van der Waals surface area (Å²) in [5, 5.41) is 4.12. The van der Waals surface area contributed by atoms with Gasteiger partial charge in [0, 0.05) is 24.9 Å². The highest BCUT2D eigenvalue weighted by Gasteiger charge is 2.26. The van der Waals surface area contributed by atoms with E-state index in [1.165, 1.54) is 0 Å². The summed E-state index contributed by atoms with van der Waals surface area (Å²) in [5.74, 6) is 2.28. The summed E-state index contributed by atoms with van der Waals surface area (Å²) in [7, 11) is 3.17. The highest BCUT2D eigenvalue weighted by molar-refractivity contribution is 5.77. The number of methoxy groups -OCH3 is 2. The maximum atomic E-state index is 13.2. The lowest BCUT2D eigenvalue weighted by Crippen LogP contribution is -2.37. The molecule has 1 heterocycles. The average molecular weight is 452 g/mol. The third-order valence-electron chi connectivity index (χ3n) is 5.43. The summed E-state index contributed by atoms with van der Waals surface area (Å²) >= 11 is 0. The first kappa shape index (κ1) is 24.3. The second-order valence-electron chi connectivity index (χ2n) is 9.24. The molecule has 7 heteroatoms. The molecule has 0 saturated heterocycles. The van der Waals surface area contributed by atoms with E-state index < -0.39 is 0 Å². The molecule has 0 N–H and O–H groups in total. The molecule has 3 aromatic rings. The lowest BCUT2D eigenvalue weighted by Gasteiger charge is -2.32. The van der Waals surface area contributed by atoms with Crippen LogP contribution in [0.1, 0.15) is 51.6 Å². The van der Waals surface area contributed by atoms with Crippen molar-refractivity contribution in [3.8, 4) is 22.9 Å². The van der Waals surface area contributed by atoms with Crippen LogP contribution in [0, 0.1) is 5.41 Å². The standard InChI is InChI=1S/C26H33N3O4/c1-18(19-10-8-7-9-11-19)29(24(30)17-26(2,3)4)15-14-23-27-25(28-33-23)20-12-13-21(31-5)22(16-20)32-6/h7-13,16,18H,14-15,17H2,1-6H3. The van der Waals surface area contributed by atoms with Gasteiger partial charge >= 0.3 is 0 Å². The SMILES string of the molecule is COc1ccc(-c2noc(CCN(C(=O)CC(C)(C)C)C(C)c3ccccc3)n2)cc1OC. The summed E-state index contributed by atoms with van der Waals surface area (Å²) in [6.45, 7) is 8.76. The fraction of sp³-hybridized carbons (Fsp3) is 0.423. The molecule has 33 heavy (non-hydrogen) atoms. The van der Waals surface area contributed by atoms with E-state index in [9.17, 15) is 4.79 Å². The Balaban J connectivity index is 1.77. The smallest absolute Gasteiger partial charge is 0.228 e. The van der Waals surface area contributed by atoms with Gasteiger partial charge in [-0.1, -0.05) is 56.3 Å². The van der Waals surface area contributed by atoms with E-state index in [0.29, 0.717) is 42.6 Å². The quantitative estimate of drug-likeness (QED) is 0.438. The third kappa shape index (κ3) is 6.34. The van der Waals surface area contributed by atoms with Gasteiger partial charge in [-0.3, -0.25) is 4.79 Å². The Hall–Kier alpha value is -3.35. The fourth-order valence-corrected chi connectivity index (χ4v) is 3.67.